The van der Waals surface area contributed by atoms with Gasteiger partial charge in [0, 0.05) is 12.8 Å². The molecule has 0 radical (unpaired) electrons. The third kappa shape index (κ3) is 2.65. The van der Waals surface area contributed by atoms with Gasteiger partial charge in [-0.05, 0) is 61.4 Å². The van der Waals surface area contributed by atoms with Crippen LogP contribution in [0.15, 0.2) is 23.2 Å². The molecule has 2 heteroatoms. The fraction of sp³-hybridized carbons (Fsp3) is 0.462. The van der Waals surface area contributed by atoms with Gasteiger partial charge in [-0.3, -0.25) is 4.99 Å². The highest BCUT2D eigenvalue weighted by Crippen LogP contribution is 2.32. The van der Waals surface area contributed by atoms with Crippen LogP contribution >= 0.6 is 0 Å². The molecule has 2 rings (SSSR count). The Hall–Kier alpha value is -1.18. The highest BCUT2D eigenvalue weighted by atomic mass is 19.1. The molecule has 0 bridgehead atoms. The fourth-order valence-corrected chi connectivity index (χ4v) is 1.76. The van der Waals surface area contributed by atoms with Crippen molar-refractivity contribution in [1.82, 2.24) is 0 Å². The van der Waals surface area contributed by atoms with Gasteiger partial charge in [0.15, 0.2) is 0 Å². The van der Waals surface area contributed by atoms with E-state index >= 15 is 0 Å². The van der Waals surface area contributed by atoms with Crippen molar-refractivity contribution in [2.75, 3.05) is 7.05 Å². The second kappa shape index (κ2) is 4.13. The quantitative estimate of drug-likeness (QED) is 0.672. The number of aliphatic imine (C=N–C) groups is 1. The summed E-state index contributed by atoms with van der Waals surface area (Å²) in [5.41, 5.74) is 2.91. The molecule has 1 aromatic rings. The Morgan fingerprint density at radius 2 is 2.13 bits per heavy atom. The third-order valence-corrected chi connectivity index (χ3v) is 2.93. The normalized spacial score (nSPS) is 16.9. The summed E-state index contributed by atoms with van der Waals surface area (Å²) in [6, 6.07) is 5.26. The Morgan fingerprint density at radius 1 is 1.40 bits per heavy atom. The van der Waals surface area contributed by atoms with E-state index in [9.17, 15) is 4.39 Å². The van der Waals surface area contributed by atoms with Crippen LogP contribution in [-0.2, 0) is 6.42 Å². The molecule has 1 saturated carbocycles. The van der Waals surface area contributed by atoms with Gasteiger partial charge in [0.1, 0.15) is 5.82 Å². The molecule has 1 aromatic carbocycles. The smallest absolute Gasteiger partial charge is 0.124 e. The summed E-state index contributed by atoms with van der Waals surface area (Å²) in [5, 5.41) is 0. The molecule has 0 amide bonds. The summed E-state index contributed by atoms with van der Waals surface area (Å²) < 4.78 is 13.3. The maximum Gasteiger partial charge on any atom is 0.124 e. The molecule has 0 aromatic heterocycles. The van der Waals surface area contributed by atoms with Crippen molar-refractivity contribution in [1.29, 1.82) is 0 Å². The summed E-state index contributed by atoms with van der Waals surface area (Å²) in [5.74, 6) is 0.643. The van der Waals surface area contributed by atoms with E-state index < -0.39 is 0 Å². The van der Waals surface area contributed by atoms with Crippen LogP contribution in [0, 0.1) is 11.7 Å². The Bertz CT molecular complexity index is 392. The van der Waals surface area contributed by atoms with Gasteiger partial charge in [0.25, 0.3) is 0 Å². The van der Waals surface area contributed by atoms with Gasteiger partial charge in [-0.1, -0.05) is 0 Å². The summed E-state index contributed by atoms with van der Waals surface area (Å²) in [7, 11) is 1.74. The van der Waals surface area contributed by atoms with Crippen LogP contribution in [-0.4, -0.2) is 12.8 Å². The lowest BCUT2D eigenvalue weighted by molar-refractivity contribution is 0.623. The van der Waals surface area contributed by atoms with Crippen molar-refractivity contribution < 1.29 is 4.39 Å². The van der Waals surface area contributed by atoms with E-state index in [1.165, 1.54) is 12.8 Å². The zero-order valence-electron chi connectivity index (χ0n) is 9.26. The second-order valence-electron chi connectivity index (χ2n) is 4.30. The number of halogens is 1. The van der Waals surface area contributed by atoms with Crippen LogP contribution in [0.3, 0.4) is 0 Å². The topological polar surface area (TPSA) is 12.4 Å². The summed E-state index contributed by atoms with van der Waals surface area (Å²) in [6.07, 6.45) is 3.61. The molecule has 0 saturated heterocycles. The Kier molecular flexibility index (Phi) is 2.85. The third-order valence-electron chi connectivity index (χ3n) is 2.93. The van der Waals surface area contributed by atoms with Crippen LogP contribution in [0.2, 0.25) is 0 Å². The molecule has 0 aliphatic heterocycles. The monoisotopic (exact) mass is 205 g/mol. The molecule has 1 aliphatic rings. The average molecular weight is 205 g/mol. The lowest BCUT2D eigenvalue weighted by atomic mass is 10.0. The first-order valence-electron chi connectivity index (χ1n) is 5.42. The Balaban J connectivity index is 2.26. The molecule has 1 aliphatic carbocycles. The minimum absolute atomic E-state index is 0.147. The highest BCUT2D eigenvalue weighted by molar-refractivity contribution is 5.98. The zero-order valence-corrected chi connectivity index (χ0v) is 9.26. The van der Waals surface area contributed by atoms with E-state index in [1.54, 1.807) is 19.2 Å². The summed E-state index contributed by atoms with van der Waals surface area (Å²) in [4.78, 5) is 4.09. The van der Waals surface area contributed by atoms with Crippen molar-refractivity contribution in [3.63, 3.8) is 0 Å². The predicted octanol–water partition coefficient (Wildman–Crippen LogP) is 3.22. The predicted molar refractivity (Wildman–Crippen MR) is 61.0 cm³/mol. The summed E-state index contributed by atoms with van der Waals surface area (Å²) in [6.45, 7) is 1.91. The molecule has 0 spiro atoms. The van der Waals surface area contributed by atoms with Crippen LogP contribution < -0.4 is 0 Å². The van der Waals surface area contributed by atoms with Gasteiger partial charge in [-0.15, -0.1) is 0 Å². The number of hydrogen-bond donors (Lipinski definition) is 0. The zero-order chi connectivity index (χ0) is 10.8. The van der Waals surface area contributed by atoms with E-state index in [1.807, 2.05) is 6.92 Å². The number of nitrogens with zero attached hydrogens (tertiary/aromatic N) is 1. The number of hydrogen-bond acceptors (Lipinski definition) is 1. The van der Waals surface area contributed by atoms with E-state index in [-0.39, 0.29) is 5.82 Å². The second-order valence-corrected chi connectivity index (χ2v) is 4.30. The van der Waals surface area contributed by atoms with Crippen LogP contribution in [0.1, 0.15) is 30.9 Å². The van der Waals surface area contributed by atoms with Gasteiger partial charge >= 0.3 is 0 Å². The number of benzene rings is 1. The van der Waals surface area contributed by atoms with Crippen LogP contribution in [0.5, 0.6) is 0 Å². The molecule has 1 nitrogen and oxygen atoms in total. The Morgan fingerprint density at radius 3 is 2.73 bits per heavy atom. The van der Waals surface area contributed by atoms with Crippen LogP contribution in [0.25, 0.3) is 0 Å². The van der Waals surface area contributed by atoms with E-state index in [4.69, 9.17) is 0 Å². The Labute approximate surface area is 90.0 Å². The van der Waals surface area contributed by atoms with E-state index in [2.05, 4.69) is 11.1 Å². The van der Waals surface area contributed by atoms with Crippen molar-refractivity contribution in [3.05, 3.63) is 35.1 Å². The molecule has 0 N–H and O–H groups in total. The first kappa shape index (κ1) is 10.3. The maximum atomic E-state index is 13.3. The highest BCUT2D eigenvalue weighted by Gasteiger charge is 2.21. The van der Waals surface area contributed by atoms with Gasteiger partial charge < -0.3 is 0 Å². The maximum absolute atomic E-state index is 13.3. The fourth-order valence-electron chi connectivity index (χ4n) is 1.76. The van der Waals surface area contributed by atoms with Crippen molar-refractivity contribution in [3.8, 4) is 0 Å². The molecule has 15 heavy (non-hydrogen) atoms. The van der Waals surface area contributed by atoms with Crippen molar-refractivity contribution in [2.45, 2.75) is 26.2 Å². The van der Waals surface area contributed by atoms with Gasteiger partial charge in [-0.25, -0.2) is 4.39 Å². The first-order valence-corrected chi connectivity index (χ1v) is 5.42. The molecular weight excluding hydrogens is 189 g/mol. The van der Waals surface area contributed by atoms with Crippen molar-refractivity contribution in [2.24, 2.45) is 10.9 Å². The lowest BCUT2D eigenvalue weighted by Gasteiger charge is -2.05. The van der Waals surface area contributed by atoms with Gasteiger partial charge in [0.2, 0.25) is 0 Å². The van der Waals surface area contributed by atoms with Crippen LogP contribution in [0.4, 0.5) is 4.39 Å². The van der Waals surface area contributed by atoms with Gasteiger partial charge in [0.05, 0.1) is 0 Å². The van der Waals surface area contributed by atoms with E-state index in [0.29, 0.717) is 0 Å². The molecule has 0 heterocycles. The first-order chi connectivity index (χ1) is 7.19. The standard InChI is InChI=1S/C13H16FN/c1-9(15-2)12-6-11(5-10-3-4-10)7-13(14)8-12/h6-8,10H,3-5H2,1-2H3. The average Bonchev–Trinajstić information content (AvgIpc) is 2.99. The van der Waals surface area contributed by atoms with E-state index in [0.717, 1.165) is 29.2 Å². The number of rotatable bonds is 3. The van der Waals surface area contributed by atoms with Crippen molar-refractivity contribution >= 4 is 5.71 Å². The largest absolute Gasteiger partial charge is 0.293 e. The SMILES string of the molecule is CN=C(C)c1cc(F)cc(CC2CC2)c1. The summed E-state index contributed by atoms with van der Waals surface area (Å²) >= 11 is 0. The minimum Gasteiger partial charge on any atom is -0.293 e. The molecular formula is C13H16FN. The lowest BCUT2D eigenvalue weighted by Crippen LogP contribution is -1.98. The molecule has 80 valence electrons. The molecule has 0 atom stereocenters. The molecule has 0 unspecified atom stereocenters. The molecule has 1 fully saturated rings. The van der Waals surface area contributed by atoms with Gasteiger partial charge in [-0.2, -0.15) is 0 Å². The minimum atomic E-state index is -0.147.